The van der Waals surface area contributed by atoms with Gasteiger partial charge in [0.05, 0.1) is 0 Å². The van der Waals surface area contributed by atoms with Gasteiger partial charge in [-0.05, 0) is 24.7 Å². The zero-order chi connectivity index (χ0) is 8.27. The predicted molar refractivity (Wildman–Crippen MR) is 51.1 cm³/mol. The van der Waals surface area contributed by atoms with Gasteiger partial charge in [-0.2, -0.15) is 0 Å². The lowest BCUT2D eigenvalue weighted by atomic mass is 9.89. The normalized spacial score (nSPS) is 34.1. The maximum absolute atomic E-state index is 6.25. The van der Waals surface area contributed by atoms with Crippen molar-refractivity contribution in [1.82, 2.24) is 0 Å². The summed E-state index contributed by atoms with van der Waals surface area (Å²) in [7, 11) is 0. The first-order valence-corrected chi connectivity index (χ1v) is 5.37. The molecule has 11 heavy (non-hydrogen) atoms. The van der Waals surface area contributed by atoms with E-state index >= 15 is 0 Å². The second-order valence-corrected chi connectivity index (χ2v) is 4.25. The topological polar surface area (TPSA) is 0 Å². The molecule has 0 N–H and O–H groups in total. The van der Waals surface area contributed by atoms with Crippen LogP contribution in [-0.2, 0) is 0 Å². The van der Waals surface area contributed by atoms with Gasteiger partial charge in [0.2, 0.25) is 0 Å². The summed E-state index contributed by atoms with van der Waals surface area (Å²) in [5.41, 5.74) is 0. The maximum atomic E-state index is 6.25. The van der Waals surface area contributed by atoms with E-state index in [4.69, 9.17) is 11.6 Å². The molecule has 0 aromatic carbocycles. The molecule has 0 heterocycles. The monoisotopic (exact) mass is 174 g/mol. The molecule has 0 saturated heterocycles. The van der Waals surface area contributed by atoms with Crippen molar-refractivity contribution in [2.24, 2.45) is 11.8 Å². The molecule has 0 aliphatic heterocycles. The molecule has 0 spiro atoms. The van der Waals surface area contributed by atoms with Gasteiger partial charge in [-0.1, -0.05) is 33.1 Å². The van der Waals surface area contributed by atoms with Gasteiger partial charge in [0.1, 0.15) is 0 Å². The lowest BCUT2D eigenvalue weighted by molar-refractivity contribution is 0.358. The Bertz CT molecular complexity index is 111. The third-order valence-corrected chi connectivity index (χ3v) is 3.73. The highest BCUT2D eigenvalue weighted by atomic mass is 35.5. The van der Waals surface area contributed by atoms with Crippen LogP contribution in [0.4, 0.5) is 0 Å². The third kappa shape index (κ3) is 2.11. The van der Waals surface area contributed by atoms with Crippen molar-refractivity contribution in [3.8, 4) is 0 Å². The molecular formula is C10H19Cl. The summed E-state index contributed by atoms with van der Waals surface area (Å²) in [6.45, 7) is 4.49. The van der Waals surface area contributed by atoms with E-state index in [1.807, 2.05) is 0 Å². The van der Waals surface area contributed by atoms with Crippen molar-refractivity contribution in [3.05, 3.63) is 0 Å². The van der Waals surface area contributed by atoms with Crippen molar-refractivity contribution in [2.75, 3.05) is 0 Å². The number of alkyl halides is 1. The molecule has 0 aromatic rings. The Balaban J connectivity index is 2.42. The zero-order valence-corrected chi connectivity index (χ0v) is 8.40. The minimum Gasteiger partial charge on any atom is -0.123 e. The van der Waals surface area contributed by atoms with Crippen molar-refractivity contribution in [2.45, 2.75) is 51.3 Å². The summed E-state index contributed by atoms with van der Waals surface area (Å²) in [5, 5.41) is 0.447. The highest BCUT2D eigenvalue weighted by Gasteiger charge is 2.30. The molecule has 1 heteroatoms. The summed E-state index contributed by atoms with van der Waals surface area (Å²) >= 11 is 6.25. The molecule has 0 radical (unpaired) electrons. The lowest BCUT2D eigenvalue weighted by Crippen LogP contribution is -2.17. The molecule has 0 amide bonds. The molecule has 1 rings (SSSR count). The van der Waals surface area contributed by atoms with Crippen molar-refractivity contribution >= 4 is 11.6 Å². The summed E-state index contributed by atoms with van der Waals surface area (Å²) < 4.78 is 0. The molecule has 0 nitrogen and oxygen atoms in total. The van der Waals surface area contributed by atoms with Crippen LogP contribution in [0.3, 0.4) is 0 Å². The first-order chi connectivity index (χ1) is 5.29. The van der Waals surface area contributed by atoms with E-state index in [1.54, 1.807) is 0 Å². The van der Waals surface area contributed by atoms with Gasteiger partial charge in [0, 0.05) is 5.38 Å². The van der Waals surface area contributed by atoms with Crippen LogP contribution in [-0.4, -0.2) is 5.38 Å². The lowest BCUT2D eigenvalue weighted by Gasteiger charge is -2.21. The molecule has 0 aromatic heterocycles. The molecule has 1 fully saturated rings. The van der Waals surface area contributed by atoms with E-state index in [-0.39, 0.29) is 0 Å². The van der Waals surface area contributed by atoms with Gasteiger partial charge in [-0.15, -0.1) is 11.6 Å². The molecular weight excluding hydrogens is 156 g/mol. The number of hydrogen-bond acceptors (Lipinski definition) is 0. The van der Waals surface area contributed by atoms with E-state index in [0.717, 1.165) is 18.3 Å². The highest BCUT2D eigenvalue weighted by molar-refractivity contribution is 6.20. The highest BCUT2D eigenvalue weighted by Crippen LogP contribution is 2.38. The van der Waals surface area contributed by atoms with E-state index in [9.17, 15) is 0 Å². The predicted octanol–water partition coefficient (Wildman–Crippen LogP) is 3.83. The quantitative estimate of drug-likeness (QED) is 0.571. The molecule has 0 bridgehead atoms. The second kappa shape index (κ2) is 4.35. The standard InChI is InChI=1S/C10H19Cl/c1-3-8-6-5-7-9(8)10(11)4-2/h8-10H,3-7H2,1-2H3. The summed E-state index contributed by atoms with van der Waals surface area (Å²) in [4.78, 5) is 0. The SMILES string of the molecule is CCC(Cl)C1CCCC1CC. The van der Waals surface area contributed by atoms with Gasteiger partial charge in [0.15, 0.2) is 0 Å². The van der Waals surface area contributed by atoms with Crippen molar-refractivity contribution < 1.29 is 0 Å². The van der Waals surface area contributed by atoms with Gasteiger partial charge < -0.3 is 0 Å². The average molecular weight is 175 g/mol. The number of hydrogen-bond donors (Lipinski definition) is 0. The van der Waals surface area contributed by atoms with Crippen LogP contribution in [0.15, 0.2) is 0 Å². The Kier molecular flexibility index (Phi) is 3.71. The Morgan fingerprint density at radius 2 is 2.09 bits per heavy atom. The zero-order valence-electron chi connectivity index (χ0n) is 7.65. The Labute approximate surface area is 75.3 Å². The molecule has 1 aliphatic rings. The molecule has 66 valence electrons. The Hall–Kier alpha value is 0.290. The maximum Gasteiger partial charge on any atom is 0.0364 e. The fraction of sp³-hybridized carbons (Fsp3) is 1.00. The van der Waals surface area contributed by atoms with Crippen LogP contribution >= 0.6 is 11.6 Å². The number of rotatable bonds is 3. The Morgan fingerprint density at radius 3 is 2.64 bits per heavy atom. The van der Waals surface area contributed by atoms with Crippen LogP contribution in [0.1, 0.15) is 46.0 Å². The van der Waals surface area contributed by atoms with Gasteiger partial charge in [0.25, 0.3) is 0 Å². The van der Waals surface area contributed by atoms with Crippen molar-refractivity contribution in [1.29, 1.82) is 0 Å². The summed E-state index contributed by atoms with van der Waals surface area (Å²) in [6.07, 6.45) is 6.67. The van der Waals surface area contributed by atoms with E-state index in [1.165, 1.54) is 25.7 Å². The summed E-state index contributed by atoms with van der Waals surface area (Å²) in [6, 6.07) is 0. The van der Waals surface area contributed by atoms with Crippen LogP contribution in [0.2, 0.25) is 0 Å². The fourth-order valence-corrected chi connectivity index (χ4v) is 2.68. The van der Waals surface area contributed by atoms with Crippen LogP contribution in [0.25, 0.3) is 0 Å². The average Bonchev–Trinajstić information content (AvgIpc) is 2.50. The summed E-state index contributed by atoms with van der Waals surface area (Å²) in [5.74, 6) is 1.75. The van der Waals surface area contributed by atoms with Gasteiger partial charge in [-0.3, -0.25) is 0 Å². The van der Waals surface area contributed by atoms with Gasteiger partial charge >= 0.3 is 0 Å². The molecule has 1 aliphatic carbocycles. The fourth-order valence-electron chi connectivity index (χ4n) is 2.35. The molecule has 1 saturated carbocycles. The Morgan fingerprint density at radius 1 is 1.36 bits per heavy atom. The van der Waals surface area contributed by atoms with Crippen LogP contribution in [0.5, 0.6) is 0 Å². The molecule has 3 unspecified atom stereocenters. The first kappa shape index (κ1) is 9.38. The molecule has 3 atom stereocenters. The minimum absolute atomic E-state index is 0.447. The number of halogens is 1. The van der Waals surface area contributed by atoms with E-state index in [0.29, 0.717) is 5.38 Å². The van der Waals surface area contributed by atoms with E-state index < -0.39 is 0 Å². The van der Waals surface area contributed by atoms with E-state index in [2.05, 4.69) is 13.8 Å². The largest absolute Gasteiger partial charge is 0.123 e. The van der Waals surface area contributed by atoms with Crippen LogP contribution in [0, 0.1) is 11.8 Å². The first-order valence-electron chi connectivity index (χ1n) is 4.93. The van der Waals surface area contributed by atoms with Gasteiger partial charge in [-0.25, -0.2) is 0 Å². The van der Waals surface area contributed by atoms with Crippen LogP contribution < -0.4 is 0 Å². The van der Waals surface area contributed by atoms with Crippen molar-refractivity contribution in [3.63, 3.8) is 0 Å². The third-order valence-electron chi connectivity index (χ3n) is 3.10. The second-order valence-electron chi connectivity index (χ2n) is 3.69. The minimum atomic E-state index is 0.447. The smallest absolute Gasteiger partial charge is 0.0364 e.